The molecule has 0 aliphatic carbocycles. The third kappa shape index (κ3) is 2.77. The summed E-state index contributed by atoms with van der Waals surface area (Å²) in [5, 5.41) is 14.3. The number of nitrogens with one attached hydrogen (secondary N) is 2. The van der Waals surface area contributed by atoms with Crippen LogP contribution in [0.4, 0.5) is 0 Å². The van der Waals surface area contributed by atoms with E-state index in [4.69, 9.17) is 12.2 Å². The molecule has 2 heterocycles. The number of fused-ring (bicyclic) bond motifs is 1. The third-order valence-corrected chi connectivity index (χ3v) is 5.10. The highest BCUT2D eigenvalue weighted by atomic mass is 32.1. The van der Waals surface area contributed by atoms with E-state index < -0.39 is 0 Å². The molecular formula is C20H19N3O2S. The highest BCUT2D eigenvalue weighted by Crippen LogP contribution is 2.32. The summed E-state index contributed by atoms with van der Waals surface area (Å²) in [4.78, 5) is 15.4. The first-order valence-corrected chi connectivity index (χ1v) is 8.93. The quantitative estimate of drug-likeness (QED) is 0.610. The summed E-state index contributed by atoms with van der Waals surface area (Å²) in [6.45, 7) is 2.73. The molecule has 132 valence electrons. The van der Waals surface area contributed by atoms with Crippen LogP contribution in [0.3, 0.4) is 0 Å². The largest absolute Gasteiger partial charge is 0.494 e. The van der Waals surface area contributed by atoms with Crippen molar-refractivity contribution >= 4 is 12.2 Å². The van der Waals surface area contributed by atoms with Crippen LogP contribution in [-0.2, 0) is 6.42 Å². The molecular weight excluding hydrogens is 346 g/mol. The van der Waals surface area contributed by atoms with Crippen molar-refractivity contribution < 1.29 is 5.11 Å². The predicted molar refractivity (Wildman–Crippen MR) is 104 cm³/mol. The third-order valence-electron chi connectivity index (χ3n) is 4.81. The van der Waals surface area contributed by atoms with Gasteiger partial charge in [0.05, 0.1) is 17.3 Å². The highest BCUT2D eigenvalue weighted by Gasteiger charge is 2.28. The Labute approximate surface area is 156 Å². The maximum Gasteiger partial charge on any atom is 0.260 e. The number of aryl methyl sites for hydroxylation is 1. The number of H-pyrrole nitrogens is 1. The molecule has 0 bridgehead atoms. The van der Waals surface area contributed by atoms with E-state index in [0.717, 1.165) is 24.1 Å². The van der Waals surface area contributed by atoms with E-state index in [0.29, 0.717) is 5.69 Å². The molecule has 0 radical (unpaired) electrons. The molecule has 0 unspecified atom stereocenters. The molecule has 6 heteroatoms. The first kappa shape index (κ1) is 16.8. The lowest BCUT2D eigenvalue weighted by Gasteiger charge is -2.27. The lowest BCUT2D eigenvalue weighted by Crippen LogP contribution is -2.35. The smallest absolute Gasteiger partial charge is 0.260 e. The Hall–Kier alpha value is -2.70. The Morgan fingerprint density at radius 1 is 1.15 bits per heavy atom. The molecule has 1 aliphatic rings. The second-order valence-corrected chi connectivity index (χ2v) is 6.89. The van der Waals surface area contributed by atoms with Crippen LogP contribution >= 0.6 is 12.2 Å². The average Bonchev–Trinajstić information content (AvgIpc) is 2.63. The van der Waals surface area contributed by atoms with E-state index in [1.807, 2.05) is 49.4 Å². The predicted octanol–water partition coefficient (Wildman–Crippen LogP) is 3.14. The van der Waals surface area contributed by atoms with Crippen molar-refractivity contribution in [2.45, 2.75) is 19.4 Å². The Morgan fingerprint density at radius 2 is 1.88 bits per heavy atom. The Kier molecular flexibility index (Phi) is 4.22. The van der Waals surface area contributed by atoms with Crippen LogP contribution in [0.5, 0.6) is 5.88 Å². The fourth-order valence-corrected chi connectivity index (χ4v) is 3.78. The van der Waals surface area contributed by atoms with Crippen LogP contribution in [0.2, 0.25) is 0 Å². The molecule has 1 atom stereocenters. The minimum absolute atomic E-state index is 0.128. The molecule has 0 spiro atoms. The van der Waals surface area contributed by atoms with Crippen molar-refractivity contribution in [1.29, 1.82) is 0 Å². The van der Waals surface area contributed by atoms with Crippen LogP contribution in [0.15, 0.2) is 53.3 Å². The minimum Gasteiger partial charge on any atom is -0.494 e. The molecule has 0 amide bonds. The number of hydrogen-bond acceptors (Lipinski definition) is 4. The summed E-state index contributed by atoms with van der Waals surface area (Å²) < 4.78 is 1.67. The first-order valence-electron chi connectivity index (χ1n) is 8.52. The maximum atomic E-state index is 12.7. The molecule has 1 aromatic heterocycles. The fraction of sp³-hybridized carbons (Fsp3) is 0.200. The average molecular weight is 365 g/mol. The number of nitrogens with zero attached hydrogens (tertiary/aromatic N) is 1. The second kappa shape index (κ2) is 6.55. The summed E-state index contributed by atoms with van der Waals surface area (Å²) in [5.74, 6) is -0.128. The molecule has 4 rings (SSSR count). The Balaban J connectivity index is 1.94. The monoisotopic (exact) mass is 365 g/mol. The zero-order valence-corrected chi connectivity index (χ0v) is 15.1. The van der Waals surface area contributed by atoms with E-state index >= 15 is 0 Å². The van der Waals surface area contributed by atoms with Crippen molar-refractivity contribution in [2.75, 3.05) is 6.54 Å². The maximum absolute atomic E-state index is 12.7. The summed E-state index contributed by atoms with van der Waals surface area (Å²) in [7, 11) is 0. The molecule has 1 aliphatic heterocycles. The van der Waals surface area contributed by atoms with Gasteiger partial charge in [0.2, 0.25) is 5.88 Å². The van der Waals surface area contributed by atoms with Gasteiger partial charge in [-0.05, 0) is 48.8 Å². The number of rotatable bonds is 2. The number of aromatic nitrogens is 2. The van der Waals surface area contributed by atoms with Gasteiger partial charge in [0, 0.05) is 6.54 Å². The van der Waals surface area contributed by atoms with Gasteiger partial charge in [-0.25, -0.2) is 0 Å². The van der Waals surface area contributed by atoms with E-state index in [1.54, 1.807) is 0 Å². The lowest BCUT2D eigenvalue weighted by atomic mass is 9.90. The number of aromatic hydroxyl groups is 1. The normalized spacial score (nSPS) is 16.3. The number of hydrogen-bond donors (Lipinski definition) is 3. The van der Waals surface area contributed by atoms with Crippen molar-refractivity contribution in [2.24, 2.45) is 0 Å². The zero-order valence-electron chi connectivity index (χ0n) is 14.3. The van der Waals surface area contributed by atoms with Gasteiger partial charge in [0.1, 0.15) is 0 Å². The van der Waals surface area contributed by atoms with E-state index in [9.17, 15) is 9.90 Å². The molecule has 2 aromatic carbocycles. The second-order valence-electron chi connectivity index (χ2n) is 6.50. The van der Waals surface area contributed by atoms with Crippen molar-refractivity contribution in [3.05, 3.63) is 85.9 Å². The summed E-state index contributed by atoms with van der Waals surface area (Å²) in [5.41, 5.74) is 3.91. The summed E-state index contributed by atoms with van der Waals surface area (Å²) >= 11 is 5.31. The molecule has 26 heavy (non-hydrogen) atoms. The van der Waals surface area contributed by atoms with Gasteiger partial charge >= 0.3 is 0 Å². The number of benzene rings is 2. The standard InChI is InChI=1S/C20H19N3O2S/c1-12-6-8-14(9-7-12)23-19(25)16(18(24)22-20(23)26)17-15-5-3-2-4-13(15)10-11-21-17/h2-9,17,21,25H,10-11H2,1H3,(H,22,24,26)/t17-/m1/s1. The molecule has 3 N–H and O–H groups in total. The summed E-state index contributed by atoms with van der Waals surface area (Å²) in [6.07, 6.45) is 0.891. The molecule has 5 nitrogen and oxygen atoms in total. The van der Waals surface area contributed by atoms with E-state index in [1.165, 1.54) is 10.1 Å². The van der Waals surface area contributed by atoms with Gasteiger partial charge in [-0.2, -0.15) is 0 Å². The van der Waals surface area contributed by atoms with Gasteiger partial charge in [-0.3, -0.25) is 14.3 Å². The van der Waals surface area contributed by atoms with Crippen molar-refractivity contribution in [3.63, 3.8) is 0 Å². The SMILES string of the molecule is Cc1ccc(-n2c(O)c([C@@H]3NCCc4ccccc43)c(=O)[nH]c2=S)cc1. The van der Waals surface area contributed by atoms with Crippen molar-refractivity contribution in [1.82, 2.24) is 14.9 Å². The highest BCUT2D eigenvalue weighted by molar-refractivity contribution is 7.71. The molecule has 0 saturated carbocycles. The minimum atomic E-state index is -0.379. The van der Waals surface area contributed by atoms with E-state index in [2.05, 4.69) is 16.4 Å². The first-order chi connectivity index (χ1) is 12.6. The molecule has 3 aromatic rings. The Morgan fingerprint density at radius 3 is 2.65 bits per heavy atom. The van der Waals surface area contributed by atoms with Crippen molar-refractivity contribution in [3.8, 4) is 11.6 Å². The van der Waals surface area contributed by atoms with Gasteiger partial charge in [0.15, 0.2) is 4.77 Å². The fourth-order valence-electron chi connectivity index (χ4n) is 3.49. The summed E-state index contributed by atoms with van der Waals surface area (Å²) in [6, 6.07) is 15.2. The lowest BCUT2D eigenvalue weighted by molar-refractivity contribution is 0.413. The molecule has 0 fully saturated rings. The Bertz CT molecular complexity index is 1080. The molecule has 0 saturated heterocycles. The van der Waals surface area contributed by atoms with Gasteiger partial charge in [-0.15, -0.1) is 0 Å². The van der Waals surface area contributed by atoms with E-state index in [-0.39, 0.29) is 27.8 Å². The van der Waals surface area contributed by atoms with Crippen LogP contribution in [0.25, 0.3) is 5.69 Å². The van der Waals surface area contributed by atoms with Gasteiger partial charge in [0.25, 0.3) is 5.56 Å². The van der Waals surface area contributed by atoms with Gasteiger partial charge in [-0.1, -0.05) is 42.0 Å². The topological polar surface area (TPSA) is 70.0 Å². The van der Waals surface area contributed by atoms with Crippen LogP contribution in [0.1, 0.15) is 28.3 Å². The van der Waals surface area contributed by atoms with Crippen LogP contribution < -0.4 is 10.9 Å². The van der Waals surface area contributed by atoms with Crippen LogP contribution in [0, 0.1) is 11.7 Å². The van der Waals surface area contributed by atoms with Gasteiger partial charge < -0.3 is 10.4 Å². The zero-order chi connectivity index (χ0) is 18.3. The number of aromatic amines is 1. The van der Waals surface area contributed by atoms with Crippen LogP contribution in [-0.4, -0.2) is 21.2 Å².